The molecule has 3 rings (SSSR count). The first-order valence-electron chi connectivity index (χ1n) is 9.19. The standard InChI is InChI=1S/C20H33NO/c1-14-6-10-16(11-7-14)20(5)12-17(20)13-21(19(2,3)4)18(22)15-8-9-15/h6,15-17H,7-13H2,1-5H3. The van der Waals surface area contributed by atoms with E-state index in [0.29, 0.717) is 23.2 Å². The Hall–Kier alpha value is -0.790. The van der Waals surface area contributed by atoms with Crippen LogP contribution in [0, 0.1) is 23.2 Å². The van der Waals surface area contributed by atoms with E-state index in [-0.39, 0.29) is 5.54 Å². The average molecular weight is 303 g/mol. The van der Waals surface area contributed by atoms with Crippen molar-refractivity contribution in [1.29, 1.82) is 0 Å². The summed E-state index contributed by atoms with van der Waals surface area (Å²) in [5, 5.41) is 0. The first-order chi connectivity index (χ1) is 10.2. The molecule has 3 aliphatic carbocycles. The van der Waals surface area contributed by atoms with Crippen molar-refractivity contribution in [2.45, 2.75) is 78.7 Å². The molecule has 3 unspecified atom stereocenters. The van der Waals surface area contributed by atoms with Crippen LogP contribution in [-0.4, -0.2) is 22.9 Å². The number of hydrogen-bond acceptors (Lipinski definition) is 1. The van der Waals surface area contributed by atoms with Crippen molar-refractivity contribution in [2.75, 3.05) is 6.54 Å². The van der Waals surface area contributed by atoms with Crippen LogP contribution in [-0.2, 0) is 4.79 Å². The Bertz CT molecular complexity index is 482. The monoisotopic (exact) mass is 303 g/mol. The molecule has 0 aromatic heterocycles. The number of carbonyl (C=O) groups is 1. The van der Waals surface area contributed by atoms with E-state index in [1.165, 1.54) is 25.7 Å². The van der Waals surface area contributed by atoms with E-state index < -0.39 is 0 Å². The fraction of sp³-hybridized carbons (Fsp3) is 0.850. The Labute approximate surface area is 136 Å². The molecule has 0 aromatic rings. The fourth-order valence-electron chi connectivity index (χ4n) is 4.27. The third-order valence-electron chi connectivity index (χ3n) is 6.43. The van der Waals surface area contributed by atoms with Crippen molar-refractivity contribution < 1.29 is 4.79 Å². The van der Waals surface area contributed by atoms with Gasteiger partial charge in [-0.15, -0.1) is 0 Å². The molecule has 0 aromatic carbocycles. The summed E-state index contributed by atoms with van der Waals surface area (Å²) in [7, 11) is 0. The third-order valence-corrected chi connectivity index (χ3v) is 6.43. The molecule has 2 saturated carbocycles. The Balaban J connectivity index is 1.64. The molecule has 22 heavy (non-hydrogen) atoms. The molecule has 3 atom stereocenters. The number of allylic oxidation sites excluding steroid dienone is 2. The van der Waals surface area contributed by atoms with E-state index in [1.54, 1.807) is 5.57 Å². The highest BCUT2D eigenvalue weighted by Gasteiger charge is 2.56. The smallest absolute Gasteiger partial charge is 0.226 e. The van der Waals surface area contributed by atoms with Gasteiger partial charge in [-0.3, -0.25) is 4.79 Å². The van der Waals surface area contributed by atoms with Gasteiger partial charge >= 0.3 is 0 Å². The largest absolute Gasteiger partial charge is 0.337 e. The van der Waals surface area contributed by atoms with Gasteiger partial charge in [0, 0.05) is 18.0 Å². The van der Waals surface area contributed by atoms with Crippen LogP contribution in [0.2, 0.25) is 0 Å². The van der Waals surface area contributed by atoms with Crippen molar-refractivity contribution in [3.63, 3.8) is 0 Å². The van der Waals surface area contributed by atoms with E-state index in [1.807, 2.05) is 0 Å². The summed E-state index contributed by atoms with van der Waals surface area (Å²) in [4.78, 5) is 14.9. The zero-order chi connectivity index (χ0) is 16.1. The Kier molecular flexibility index (Phi) is 3.94. The lowest BCUT2D eigenvalue weighted by Gasteiger charge is -2.37. The number of rotatable bonds is 4. The summed E-state index contributed by atoms with van der Waals surface area (Å²) in [6.07, 6.45) is 9.87. The summed E-state index contributed by atoms with van der Waals surface area (Å²) in [5.74, 6) is 2.30. The quantitative estimate of drug-likeness (QED) is 0.683. The molecule has 1 amide bonds. The minimum absolute atomic E-state index is 0.0355. The van der Waals surface area contributed by atoms with Gasteiger partial charge in [0.15, 0.2) is 0 Å². The molecule has 0 N–H and O–H groups in total. The highest BCUT2D eigenvalue weighted by molar-refractivity contribution is 5.81. The Morgan fingerprint density at radius 1 is 1.32 bits per heavy atom. The van der Waals surface area contributed by atoms with Gasteiger partial charge in [-0.2, -0.15) is 0 Å². The maximum atomic E-state index is 12.7. The van der Waals surface area contributed by atoms with Gasteiger partial charge in [-0.05, 0) is 83.5 Å². The van der Waals surface area contributed by atoms with Crippen molar-refractivity contribution in [3.8, 4) is 0 Å². The van der Waals surface area contributed by atoms with Crippen LogP contribution in [0.1, 0.15) is 73.1 Å². The highest BCUT2D eigenvalue weighted by atomic mass is 16.2. The second-order valence-corrected chi connectivity index (χ2v) is 9.32. The average Bonchev–Trinajstić information content (AvgIpc) is 3.31. The molecule has 0 aliphatic heterocycles. The summed E-state index contributed by atoms with van der Waals surface area (Å²) < 4.78 is 0. The van der Waals surface area contributed by atoms with Crippen molar-refractivity contribution >= 4 is 5.91 Å². The maximum absolute atomic E-state index is 12.7. The molecule has 2 nitrogen and oxygen atoms in total. The SMILES string of the molecule is CC1=CCC(C2(C)CC2CN(C(=O)C2CC2)C(C)(C)C)CC1. The van der Waals surface area contributed by atoms with E-state index >= 15 is 0 Å². The molecule has 124 valence electrons. The first-order valence-corrected chi connectivity index (χ1v) is 9.19. The number of hydrogen-bond donors (Lipinski definition) is 0. The molecule has 0 spiro atoms. The normalized spacial score (nSPS) is 35.0. The minimum Gasteiger partial charge on any atom is -0.337 e. The lowest BCUT2D eigenvalue weighted by molar-refractivity contribution is -0.137. The molecule has 0 bridgehead atoms. The van der Waals surface area contributed by atoms with Gasteiger partial charge in [-0.1, -0.05) is 18.6 Å². The van der Waals surface area contributed by atoms with Crippen LogP contribution >= 0.6 is 0 Å². The zero-order valence-electron chi connectivity index (χ0n) is 15.1. The fourth-order valence-corrected chi connectivity index (χ4v) is 4.27. The molecule has 2 heteroatoms. The second-order valence-electron chi connectivity index (χ2n) is 9.32. The van der Waals surface area contributed by atoms with E-state index in [2.05, 4.69) is 45.6 Å². The maximum Gasteiger partial charge on any atom is 0.226 e. The third kappa shape index (κ3) is 3.12. The minimum atomic E-state index is -0.0355. The lowest BCUT2D eigenvalue weighted by Crippen LogP contribution is -2.48. The Morgan fingerprint density at radius 2 is 2.00 bits per heavy atom. The predicted octanol–water partition coefficient (Wildman–Crippen LogP) is 4.80. The van der Waals surface area contributed by atoms with Crippen LogP contribution in [0.4, 0.5) is 0 Å². The van der Waals surface area contributed by atoms with Crippen LogP contribution in [0.25, 0.3) is 0 Å². The summed E-state index contributed by atoms with van der Waals surface area (Å²) in [6, 6.07) is 0. The van der Waals surface area contributed by atoms with Crippen LogP contribution < -0.4 is 0 Å². The lowest BCUT2D eigenvalue weighted by atomic mass is 9.78. The van der Waals surface area contributed by atoms with Gasteiger partial charge in [0.05, 0.1) is 0 Å². The first kappa shape index (κ1) is 16.1. The number of nitrogens with zero attached hydrogens (tertiary/aromatic N) is 1. The molecular weight excluding hydrogens is 270 g/mol. The van der Waals surface area contributed by atoms with Crippen molar-refractivity contribution in [3.05, 3.63) is 11.6 Å². The molecule has 0 radical (unpaired) electrons. The summed E-state index contributed by atoms with van der Waals surface area (Å²) in [5.41, 5.74) is 2.01. The summed E-state index contributed by atoms with van der Waals surface area (Å²) in [6.45, 7) is 12.3. The molecule has 0 heterocycles. The van der Waals surface area contributed by atoms with E-state index in [4.69, 9.17) is 0 Å². The van der Waals surface area contributed by atoms with E-state index in [0.717, 1.165) is 25.3 Å². The predicted molar refractivity (Wildman–Crippen MR) is 91.5 cm³/mol. The van der Waals surface area contributed by atoms with Gasteiger partial charge in [0.2, 0.25) is 5.91 Å². The highest BCUT2D eigenvalue weighted by Crippen LogP contribution is 2.61. The van der Waals surface area contributed by atoms with Crippen molar-refractivity contribution in [1.82, 2.24) is 4.90 Å². The van der Waals surface area contributed by atoms with Crippen LogP contribution in [0.5, 0.6) is 0 Å². The topological polar surface area (TPSA) is 20.3 Å². The molecule has 2 fully saturated rings. The van der Waals surface area contributed by atoms with Crippen LogP contribution in [0.3, 0.4) is 0 Å². The van der Waals surface area contributed by atoms with Crippen molar-refractivity contribution in [2.24, 2.45) is 23.2 Å². The summed E-state index contributed by atoms with van der Waals surface area (Å²) >= 11 is 0. The van der Waals surface area contributed by atoms with Gasteiger partial charge in [-0.25, -0.2) is 0 Å². The van der Waals surface area contributed by atoms with Gasteiger partial charge in [0.1, 0.15) is 0 Å². The molecule has 3 aliphatic rings. The number of amides is 1. The molecular formula is C20H33NO. The van der Waals surface area contributed by atoms with Gasteiger partial charge < -0.3 is 4.90 Å². The van der Waals surface area contributed by atoms with Crippen LogP contribution in [0.15, 0.2) is 11.6 Å². The molecule has 0 saturated heterocycles. The number of carbonyl (C=O) groups excluding carboxylic acids is 1. The second kappa shape index (κ2) is 5.39. The van der Waals surface area contributed by atoms with Gasteiger partial charge in [0.25, 0.3) is 0 Å². The zero-order valence-corrected chi connectivity index (χ0v) is 15.1. The Morgan fingerprint density at radius 3 is 2.50 bits per heavy atom. The van der Waals surface area contributed by atoms with E-state index in [9.17, 15) is 4.79 Å².